The Morgan fingerprint density at radius 1 is 1.15 bits per heavy atom. The van der Waals surface area contributed by atoms with Crippen LogP contribution in [0.5, 0.6) is 0 Å². The number of nitrogens with zero attached hydrogens (tertiary/aromatic N) is 4. The van der Waals surface area contributed by atoms with Crippen LogP contribution in [-0.2, 0) is 23.9 Å². The summed E-state index contributed by atoms with van der Waals surface area (Å²) in [5, 5.41) is 9.07. The first-order chi connectivity index (χ1) is 15.6. The lowest BCUT2D eigenvalue weighted by Gasteiger charge is -2.25. The van der Waals surface area contributed by atoms with Gasteiger partial charge in [0.25, 0.3) is 0 Å². The second-order valence-electron chi connectivity index (χ2n) is 8.02. The van der Waals surface area contributed by atoms with E-state index < -0.39 is 29.9 Å². The minimum Gasteiger partial charge on any atom is -0.332 e. The zero-order chi connectivity index (χ0) is 23.8. The van der Waals surface area contributed by atoms with Crippen molar-refractivity contribution in [1.82, 2.24) is 19.7 Å². The van der Waals surface area contributed by atoms with Crippen LogP contribution in [0.4, 0.5) is 17.6 Å². The van der Waals surface area contributed by atoms with Crippen molar-refractivity contribution in [3.8, 4) is 0 Å². The topological polar surface area (TPSA) is 51.0 Å². The summed E-state index contributed by atoms with van der Waals surface area (Å²) in [6.07, 6.45) is -3.95. The molecule has 1 saturated heterocycles. The summed E-state index contributed by atoms with van der Waals surface area (Å²) >= 11 is 5.96. The average molecular weight is 481 g/mol. The summed E-state index contributed by atoms with van der Waals surface area (Å²) < 4.78 is 55.5. The number of benzene rings is 2. The van der Waals surface area contributed by atoms with E-state index in [1.165, 1.54) is 6.07 Å². The summed E-state index contributed by atoms with van der Waals surface area (Å²) in [6.45, 7) is 2.70. The van der Waals surface area contributed by atoms with Gasteiger partial charge in [-0.2, -0.15) is 13.2 Å². The number of hydrogen-bond acceptors (Lipinski definition) is 3. The second-order valence-corrected chi connectivity index (χ2v) is 8.45. The SMILES string of the molecule is Cc1nnc([C@H]2CCCN2C(=O)Cc2cccc(C(F)(F)F)c2F)n1Cc1ccc(Cl)cc1. The van der Waals surface area contributed by atoms with Crippen molar-refractivity contribution < 1.29 is 22.4 Å². The highest BCUT2D eigenvalue weighted by Crippen LogP contribution is 2.34. The number of amides is 1. The molecule has 0 bridgehead atoms. The predicted molar refractivity (Wildman–Crippen MR) is 114 cm³/mol. The summed E-state index contributed by atoms with van der Waals surface area (Å²) in [5.74, 6) is -0.591. The molecule has 0 unspecified atom stereocenters. The Bertz CT molecular complexity index is 1160. The van der Waals surface area contributed by atoms with Crippen molar-refractivity contribution >= 4 is 17.5 Å². The van der Waals surface area contributed by atoms with Crippen molar-refractivity contribution in [1.29, 1.82) is 0 Å². The lowest BCUT2D eigenvalue weighted by molar-refractivity contribution is -0.140. The van der Waals surface area contributed by atoms with Crippen LogP contribution in [0.2, 0.25) is 5.02 Å². The largest absolute Gasteiger partial charge is 0.419 e. The summed E-state index contributed by atoms with van der Waals surface area (Å²) in [4.78, 5) is 14.6. The van der Waals surface area contributed by atoms with E-state index in [4.69, 9.17) is 11.6 Å². The first kappa shape index (κ1) is 23.2. The molecule has 1 amide bonds. The van der Waals surface area contributed by atoms with Crippen molar-refractivity contribution in [2.45, 2.75) is 44.9 Å². The number of likely N-dealkylation sites (tertiary alicyclic amines) is 1. The second kappa shape index (κ2) is 9.13. The van der Waals surface area contributed by atoms with Crippen LogP contribution in [0.15, 0.2) is 42.5 Å². The lowest BCUT2D eigenvalue weighted by atomic mass is 10.1. The van der Waals surface area contributed by atoms with Gasteiger partial charge in [0.15, 0.2) is 5.82 Å². The fraction of sp³-hybridized carbons (Fsp3) is 0.348. The zero-order valence-electron chi connectivity index (χ0n) is 17.7. The van der Waals surface area contributed by atoms with Gasteiger partial charge in [-0.25, -0.2) is 4.39 Å². The fourth-order valence-corrected chi connectivity index (χ4v) is 4.27. The number of carbonyl (C=O) groups is 1. The van der Waals surface area contributed by atoms with Gasteiger partial charge < -0.3 is 9.47 Å². The molecule has 1 aromatic heterocycles. The Labute approximate surface area is 193 Å². The van der Waals surface area contributed by atoms with E-state index >= 15 is 0 Å². The molecule has 2 aromatic carbocycles. The molecular weight excluding hydrogens is 460 g/mol. The highest BCUT2D eigenvalue weighted by Gasteiger charge is 2.37. The van der Waals surface area contributed by atoms with E-state index in [1.807, 2.05) is 23.6 Å². The van der Waals surface area contributed by atoms with E-state index in [2.05, 4.69) is 10.2 Å². The maximum atomic E-state index is 14.4. The third-order valence-corrected chi connectivity index (χ3v) is 6.07. The van der Waals surface area contributed by atoms with Crippen LogP contribution >= 0.6 is 11.6 Å². The molecule has 174 valence electrons. The molecule has 0 N–H and O–H groups in total. The van der Waals surface area contributed by atoms with Gasteiger partial charge in [0.2, 0.25) is 5.91 Å². The molecule has 1 fully saturated rings. The first-order valence-corrected chi connectivity index (χ1v) is 10.8. The van der Waals surface area contributed by atoms with E-state index in [9.17, 15) is 22.4 Å². The van der Waals surface area contributed by atoms with E-state index in [0.29, 0.717) is 48.7 Å². The molecule has 0 saturated carbocycles. The number of aromatic nitrogens is 3. The van der Waals surface area contributed by atoms with E-state index in [-0.39, 0.29) is 11.6 Å². The number of hydrogen-bond donors (Lipinski definition) is 0. The van der Waals surface area contributed by atoms with Crippen molar-refractivity contribution in [2.75, 3.05) is 6.54 Å². The standard InChI is InChI=1S/C23H21ClF4N4O/c1-14-29-30-22(32(14)13-15-7-9-17(24)10-8-15)19-6-3-11-31(19)20(33)12-16-4-2-5-18(21(16)25)23(26,27)28/h2,4-5,7-10,19H,3,6,11-13H2,1H3/t19-/m1/s1. The molecule has 1 aliphatic rings. The molecule has 0 radical (unpaired) electrons. The van der Waals surface area contributed by atoms with Gasteiger partial charge in [-0.05, 0) is 49.1 Å². The van der Waals surface area contributed by atoms with Crippen molar-refractivity contribution in [2.24, 2.45) is 0 Å². The van der Waals surface area contributed by atoms with Crippen LogP contribution < -0.4 is 0 Å². The minimum atomic E-state index is -4.82. The highest BCUT2D eigenvalue weighted by molar-refractivity contribution is 6.30. The minimum absolute atomic E-state index is 0.278. The Hall–Kier alpha value is -2.94. The lowest BCUT2D eigenvalue weighted by Crippen LogP contribution is -2.33. The third kappa shape index (κ3) is 4.88. The van der Waals surface area contributed by atoms with Crippen LogP contribution in [0.1, 0.15) is 47.2 Å². The highest BCUT2D eigenvalue weighted by atomic mass is 35.5. The summed E-state index contributed by atoms with van der Waals surface area (Å²) in [7, 11) is 0. The molecule has 4 rings (SSSR count). The quantitative estimate of drug-likeness (QED) is 0.462. The fourth-order valence-electron chi connectivity index (χ4n) is 4.15. The molecule has 5 nitrogen and oxygen atoms in total. The van der Waals surface area contributed by atoms with Crippen molar-refractivity contribution in [3.05, 3.63) is 81.6 Å². The van der Waals surface area contributed by atoms with Gasteiger partial charge >= 0.3 is 6.18 Å². The Balaban J connectivity index is 1.57. The molecule has 33 heavy (non-hydrogen) atoms. The number of alkyl halides is 3. The van der Waals surface area contributed by atoms with Crippen LogP contribution in [0.25, 0.3) is 0 Å². The molecule has 3 aromatic rings. The average Bonchev–Trinajstić information content (AvgIpc) is 3.37. The number of carbonyl (C=O) groups excluding carboxylic acids is 1. The summed E-state index contributed by atoms with van der Waals surface area (Å²) in [6, 6.07) is 9.95. The Kier molecular flexibility index (Phi) is 6.43. The van der Waals surface area contributed by atoms with Crippen LogP contribution in [0.3, 0.4) is 0 Å². The summed E-state index contributed by atoms with van der Waals surface area (Å²) in [5.41, 5.74) is -0.672. The van der Waals surface area contributed by atoms with Crippen LogP contribution in [0, 0.1) is 12.7 Å². The number of halogens is 5. The van der Waals surface area contributed by atoms with E-state index in [1.54, 1.807) is 17.0 Å². The number of aryl methyl sites for hydroxylation is 1. The monoisotopic (exact) mass is 480 g/mol. The van der Waals surface area contributed by atoms with Gasteiger partial charge in [-0.1, -0.05) is 35.9 Å². The maximum absolute atomic E-state index is 14.4. The molecule has 1 atom stereocenters. The third-order valence-electron chi connectivity index (χ3n) is 5.82. The van der Waals surface area contributed by atoms with Crippen LogP contribution in [-0.4, -0.2) is 32.1 Å². The molecule has 2 heterocycles. The van der Waals surface area contributed by atoms with E-state index in [0.717, 1.165) is 11.6 Å². The Morgan fingerprint density at radius 3 is 2.58 bits per heavy atom. The first-order valence-electron chi connectivity index (χ1n) is 10.4. The Morgan fingerprint density at radius 2 is 1.88 bits per heavy atom. The molecule has 1 aliphatic heterocycles. The van der Waals surface area contributed by atoms with Gasteiger partial charge in [0.1, 0.15) is 11.6 Å². The normalized spacial score (nSPS) is 16.4. The zero-order valence-corrected chi connectivity index (χ0v) is 18.5. The van der Waals surface area contributed by atoms with Gasteiger partial charge in [-0.15, -0.1) is 10.2 Å². The van der Waals surface area contributed by atoms with Gasteiger partial charge in [0, 0.05) is 11.6 Å². The number of rotatable bonds is 5. The smallest absolute Gasteiger partial charge is 0.332 e. The van der Waals surface area contributed by atoms with Gasteiger partial charge in [0.05, 0.1) is 24.6 Å². The molecule has 0 spiro atoms. The molecule has 10 heteroatoms. The molecule has 0 aliphatic carbocycles. The predicted octanol–water partition coefficient (Wildman–Crippen LogP) is 5.35. The van der Waals surface area contributed by atoms with Crippen molar-refractivity contribution in [3.63, 3.8) is 0 Å². The molecular formula is C23H21ClF4N4O. The maximum Gasteiger partial charge on any atom is 0.419 e. The van der Waals surface area contributed by atoms with Gasteiger partial charge in [-0.3, -0.25) is 4.79 Å².